The van der Waals surface area contributed by atoms with Gasteiger partial charge in [0.05, 0.1) is 22.0 Å². The molecule has 7 nitrogen and oxygen atoms in total. The van der Waals surface area contributed by atoms with Crippen molar-refractivity contribution in [3.63, 3.8) is 0 Å². The van der Waals surface area contributed by atoms with Crippen molar-refractivity contribution < 1.29 is 22.7 Å². The number of benzene rings is 3. The smallest absolute Gasteiger partial charge is 0.338 e. The van der Waals surface area contributed by atoms with Gasteiger partial charge in [0.2, 0.25) is 15.7 Å². The van der Waals surface area contributed by atoms with Crippen molar-refractivity contribution in [1.82, 2.24) is 4.57 Å². The Morgan fingerprint density at radius 1 is 0.941 bits per heavy atom. The van der Waals surface area contributed by atoms with Crippen molar-refractivity contribution >= 4 is 38.3 Å². The third-order valence-electron chi connectivity index (χ3n) is 5.37. The Morgan fingerprint density at radius 3 is 2.29 bits per heavy atom. The third kappa shape index (κ3) is 4.72. The quantitative estimate of drug-likeness (QED) is 0.394. The van der Waals surface area contributed by atoms with Crippen molar-refractivity contribution in [3.8, 4) is 0 Å². The lowest BCUT2D eigenvalue weighted by Crippen LogP contribution is -2.18. The predicted molar refractivity (Wildman–Crippen MR) is 130 cm³/mol. The highest BCUT2D eigenvalue weighted by Gasteiger charge is 2.24. The van der Waals surface area contributed by atoms with Crippen LogP contribution in [0, 0.1) is 6.92 Å². The van der Waals surface area contributed by atoms with E-state index in [9.17, 15) is 18.0 Å². The average Bonchev–Trinajstić information content (AvgIpc) is 3.19. The molecule has 4 aromatic rings. The van der Waals surface area contributed by atoms with Crippen LogP contribution in [0.25, 0.3) is 10.9 Å². The van der Waals surface area contributed by atoms with Crippen LogP contribution in [0.4, 0.5) is 5.69 Å². The average molecular weight is 477 g/mol. The molecule has 0 aliphatic rings. The van der Waals surface area contributed by atoms with Crippen LogP contribution in [0.3, 0.4) is 0 Å². The normalized spacial score (nSPS) is 11.4. The van der Waals surface area contributed by atoms with Gasteiger partial charge < -0.3 is 14.6 Å². The van der Waals surface area contributed by atoms with E-state index in [-0.39, 0.29) is 28.8 Å². The molecule has 1 amide bonds. The number of amides is 1. The van der Waals surface area contributed by atoms with Gasteiger partial charge in [0.25, 0.3) is 0 Å². The largest absolute Gasteiger partial charge is 0.462 e. The summed E-state index contributed by atoms with van der Waals surface area (Å²) in [5.74, 6) is -0.759. The summed E-state index contributed by atoms with van der Waals surface area (Å²) in [7, 11) is -3.77. The molecule has 1 heterocycles. The number of fused-ring (bicyclic) bond motifs is 1. The highest BCUT2D eigenvalue weighted by Crippen LogP contribution is 2.30. The summed E-state index contributed by atoms with van der Waals surface area (Å²) in [5, 5.41) is 3.33. The molecule has 34 heavy (non-hydrogen) atoms. The fraction of sp³-hybridized carbons (Fsp3) is 0.154. The van der Waals surface area contributed by atoms with Gasteiger partial charge in [-0.2, -0.15) is 0 Å². The van der Waals surface area contributed by atoms with E-state index < -0.39 is 15.8 Å². The van der Waals surface area contributed by atoms with E-state index in [4.69, 9.17) is 4.74 Å². The fourth-order valence-corrected chi connectivity index (χ4v) is 5.14. The summed E-state index contributed by atoms with van der Waals surface area (Å²) < 4.78 is 33.2. The summed E-state index contributed by atoms with van der Waals surface area (Å²) in [5.41, 5.74) is 2.51. The Balaban J connectivity index is 1.59. The van der Waals surface area contributed by atoms with Crippen LogP contribution in [-0.2, 0) is 25.9 Å². The van der Waals surface area contributed by atoms with Gasteiger partial charge >= 0.3 is 5.97 Å². The molecule has 3 aromatic carbocycles. The Hall–Kier alpha value is -3.91. The maximum absolute atomic E-state index is 13.3. The zero-order valence-electron chi connectivity index (χ0n) is 18.8. The molecule has 0 spiro atoms. The molecule has 0 fully saturated rings. The highest BCUT2D eigenvalue weighted by atomic mass is 32.2. The summed E-state index contributed by atoms with van der Waals surface area (Å²) in [6, 6.07) is 20.2. The number of anilines is 1. The molecule has 0 bridgehead atoms. The standard InChI is InChI=1S/C26H24N2O5S/c1-3-33-26(30)19-10-12-20(13-11-19)27-25(29)17-28-16-24(22-6-4-5-7-23(22)28)34(31,32)21-14-8-18(2)9-15-21/h4-16H,3,17H2,1-2H3,(H,27,29). The topological polar surface area (TPSA) is 94.5 Å². The maximum atomic E-state index is 13.3. The minimum atomic E-state index is -3.77. The first-order chi connectivity index (χ1) is 16.3. The predicted octanol–water partition coefficient (Wildman–Crippen LogP) is 4.60. The molecule has 8 heteroatoms. The van der Waals surface area contributed by atoms with E-state index in [1.807, 2.05) is 6.92 Å². The maximum Gasteiger partial charge on any atom is 0.338 e. The van der Waals surface area contributed by atoms with Crippen LogP contribution in [0.5, 0.6) is 0 Å². The van der Waals surface area contributed by atoms with Gasteiger partial charge in [-0.1, -0.05) is 35.9 Å². The number of sulfone groups is 1. The number of aromatic nitrogens is 1. The van der Waals surface area contributed by atoms with Crippen molar-refractivity contribution in [2.24, 2.45) is 0 Å². The number of rotatable bonds is 7. The Kier molecular flexibility index (Phi) is 6.51. The Morgan fingerprint density at radius 2 is 1.62 bits per heavy atom. The molecule has 174 valence electrons. The molecule has 0 atom stereocenters. The van der Waals surface area contributed by atoms with Crippen molar-refractivity contribution in [3.05, 3.63) is 90.1 Å². The molecular formula is C26H24N2O5S. The second-order valence-corrected chi connectivity index (χ2v) is 9.72. The minimum absolute atomic E-state index is 0.0798. The van der Waals surface area contributed by atoms with Gasteiger partial charge in [0.1, 0.15) is 6.54 Å². The zero-order valence-corrected chi connectivity index (χ0v) is 19.6. The lowest BCUT2D eigenvalue weighted by Gasteiger charge is -2.08. The van der Waals surface area contributed by atoms with E-state index in [2.05, 4.69) is 5.32 Å². The van der Waals surface area contributed by atoms with Gasteiger partial charge in [-0.05, 0) is 56.3 Å². The van der Waals surface area contributed by atoms with Crippen LogP contribution in [0.15, 0.2) is 88.8 Å². The SMILES string of the molecule is CCOC(=O)c1ccc(NC(=O)Cn2cc(S(=O)(=O)c3ccc(C)cc3)c3ccccc32)cc1. The number of ether oxygens (including phenoxy) is 1. The molecule has 0 saturated heterocycles. The molecule has 1 aromatic heterocycles. The molecule has 1 N–H and O–H groups in total. The van der Waals surface area contributed by atoms with E-state index in [0.29, 0.717) is 22.2 Å². The number of carbonyl (C=O) groups is 2. The summed E-state index contributed by atoms with van der Waals surface area (Å²) in [4.78, 5) is 24.9. The number of hydrogen-bond acceptors (Lipinski definition) is 5. The van der Waals surface area contributed by atoms with Gasteiger partial charge in [0, 0.05) is 22.8 Å². The van der Waals surface area contributed by atoms with E-state index in [0.717, 1.165) is 5.56 Å². The minimum Gasteiger partial charge on any atom is -0.462 e. The fourth-order valence-electron chi connectivity index (χ4n) is 3.66. The number of esters is 1. The number of carbonyl (C=O) groups excluding carboxylic acids is 2. The van der Waals surface area contributed by atoms with Gasteiger partial charge in [-0.3, -0.25) is 4.79 Å². The number of nitrogens with zero attached hydrogens (tertiary/aromatic N) is 1. The first kappa shape index (κ1) is 23.3. The molecular weight excluding hydrogens is 452 g/mol. The van der Waals surface area contributed by atoms with Gasteiger partial charge in [-0.25, -0.2) is 13.2 Å². The second kappa shape index (κ2) is 9.52. The van der Waals surface area contributed by atoms with Crippen LogP contribution in [0.2, 0.25) is 0 Å². The first-order valence-corrected chi connectivity index (χ1v) is 12.2. The van der Waals surface area contributed by atoms with Crippen LogP contribution < -0.4 is 5.32 Å². The molecule has 0 unspecified atom stereocenters. The van der Waals surface area contributed by atoms with Crippen LogP contribution in [0.1, 0.15) is 22.8 Å². The number of aryl methyl sites for hydroxylation is 1. The van der Waals surface area contributed by atoms with E-state index in [1.54, 1.807) is 84.3 Å². The lowest BCUT2D eigenvalue weighted by atomic mass is 10.2. The van der Waals surface area contributed by atoms with Gasteiger partial charge in [0.15, 0.2) is 0 Å². The zero-order chi connectivity index (χ0) is 24.3. The van der Waals surface area contributed by atoms with E-state index >= 15 is 0 Å². The lowest BCUT2D eigenvalue weighted by molar-refractivity contribution is -0.116. The second-order valence-electron chi connectivity index (χ2n) is 7.80. The third-order valence-corrected chi connectivity index (χ3v) is 7.16. The molecule has 0 radical (unpaired) electrons. The Labute approximate surface area is 197 Å². The molecule has 4 rings (SSSR count). The van der Waals surface area contributed by atoms with Crippen molar-refractivity contribution in [1.29, 1.82) is 0 Å². The monoisotopic (exact) mass is 476 g/mol. The van der Waals surface area contributed by atoms with E-state index in [1.165, 1.54) is 6.20 Å². The van der Waals surface area contributed by atoms with Crippen molar-refractivity contribution in [2.75, 3.05) is 11.9 Å². The summed E-state index contributed by atoms with van der Waals surface area (Å²) in [6.45, 7) is 3.83. The number of para-hydroxylation sites is 1. The van der Waals surface area contributed by atoms with Gasteiger partial charge in [-0.15, -0.1) is 0 Å². The summed E-state index contributed by atoms with van der Waals surface area (Å²) in [6.07, 6.45) is 1.50. The summed E-state index contributed by atoms with van der Waals surface area (Å²) >= 11 is 0. The Bertz CT molecular complexity index is 1450. The first-order valence-electron chi connectivity index (χ1n) is 10.8. The highest BCUT2D eigenvalue weighted by molar-refractivity contribution is 7.91. The van der Waals surface area contributed by atoms with Crippen LogP contribution in [-0.4, -0.2) is 31.5 Å². The molecule has 0 aliphatic carbocycles. The number of nitrogens with one attached hydrogen (secondary N) is 1. The van der Waals surface area contributed by atoms with Crippen molar-refractivity contribution in [2.45, 2.75) is 30.2 Å². The number of hydrogen-bond donors (Lipinski definition) is 1. The van der Waals surface area contributed by atoms with Crippen LogP contribution >= 0.6 is 0 Å². The molecule has 0 aliphatic heterocycles. The molecule has 0 saturated carbocycles.